The van der Waals surface area contributed by atoms with Gasteiger partial charge >= 0.3 is 0 Å². The normalized spacial score (nSPS) is 11.4. The Kier molecular flexibility index (Phi) is 3.80. The second kappa shape index (κ2) is 5.36. The van der Waals surface area contributed by atoms with Gasteiger partial charge in [-0.1, -0.05) is 18.2 Å². The number of aryl methyl sites for hydroxylation is 1. The van der Waals surface area contributed by atoms with E-state index < -0.39 is 15.7 Å². The van der Waals surface area contributed by atoms with Crippen LogP contribution < -0.4 is 5.56 Å². The van der Waals surface area contributed by atoms with Crippen LogP contribution in [0.5, 0.6) is 0 Å². The molecule has 100 valence electrons. The molecule has 2 aromatic rings. The molecule has 0 N–H and O–H groups in total. The van der Waals surface area contributed by atoms with E-state index in [1.54, 1.807) is 12.1 Å². The molecule has 0 atom stereocenters. The van der Waals surface area contributed by atoms with Crippen LogP contribution in [0.4, 0.5) is 4.39 Å². The summed E-state index contributed by atoms with van der Waals surface area (Å²) in [6.45, 7) is -0.00363. The Morgan fingerprint density at radius 2 is 1.74 bits per heavy atom. The Labute approximate surface area is 110 Å². The SMILES string of the molecule is O=c1ccccn1CCS(=O)(=O)c1ccccc1F. The second-order valence-electron chi connectivity index (χ2n) is 3.98. The van der Waals surface area contributed by atoms with Crippen LogP contribution in [0.2, 0.25) is 0 Å². The molecule has 0 saturated heterocycles. The average Bonchev–Trinajstić information content (AvgIpc) is 2.38. The number of halogens is 1. The van der Waals surface area contributed by atoms with Crippen LogP contribution in [-0.2, 0) is 16.4 Å². The highest BCUT2D eigenvalue weighted by atomic mass is 32.2. The first kappa shape index (κ1) is 13.5. The van der Waals surface area contributed by atoms with Gasteiger partial charge in [-0.05, 0) is 18.2 Å². The quantitative estimate of drug-likeness (QED) is 0.852. The smallest absolute Gasteiger partial charge is 0.250 e. The Morgan fingerprint density at radius 1 is 1.05 bits per heavy atom. The predicted molar refractivity (Wildman–Crippen MR) is 69.2 cm³/mol. The standard InChI is InChI=1S/C13H12FNO3S/c14-11-5-1-2-6-12(11)19(17,18)10-9-15-8-4-3-7-13(15)16/h1-8H,9-10H2. The zero-order valence-electron chi connectivity index (χ0n) is 9.99. The Morgan fingerprint density at radius 3 is 2.42 bits per heavy atom. The summed E-state index contributed by atoms with van der Waals surface area (Å²) in [5.74, 6) is -1.10. The molecule has 6 heteroatoms. The fourth-order valence-electron chi connectivity index (χ4n) is 1.67. The van der Waals surface area contributed by atoms with Crippen LogP contribution in [0.25, 0.3) is 0 Å². The summed E-state index contributed by atoms with van der Waals surface area (Å²) in [7, 11) is -3.74. The van der Waals surface area contributed by atoms with Gasteiger partial charge in [0.25, 0.3) is 5.56 Å². The van der Waals surface area contributed by atoms with Crippen molar-refractivity contribution >= 4 is 9.84 Å². The molecule has 0 amide bonds. The third kappa shape index (κ3) is 3.08. The molecule has 2 rings (SSSR count). The van der Waals surface area contributed by atoms with Gasteiger partial charge in [0, 0.05) is 18.8 Å². The molecule has 1 aromatic heterocycles. The van der Waals surface area contributed by atoms with Gasteiger partial charge in [-0.15, -0.1) is 0 Å². The molecule has 0 unspecified atom stereocenters. The van der Waals surface area contributed by atoms with Crippen molar-refractivity contribution in [2.45, 2.75) is 11.4 Å². The number of benzene rings is 1. The Hall–Kier alpha value is -1.95. The molecule has 0 spiro atoms. The lowest BCUT2D eigenvalue weighted by molar-refractivity contribution is 0.562. The molecule has 1 aromatic carbocycles. The van der Waals surface area contributed by atoms with Crippen molar-refractivity contribution in [1.82, 2.24) is 4.57 Å². The van der Waals surface area contributed by atoms with E-state index in [4.69, 9.17) is 0 Å². The van der Waals surface area contributed by atoms with Crippen molar-refractivity contribution in [2.75, 3.05) is 5.75 Å². The molecule has 0 aliphatic rings. The highest BCUT2D eigenvalue weighted by molar-refractivity contribution is 7.91. The van der Waals surface area contributed by atoms with Crippen LogP contribution in [0.1, 0.15) is 0 Å². The molecule has 4 nitrogen and oxygen atoms in total. The number of aromatic nitrogens is 1. The number of sulfone groups is 1. The van der Waals surface area contributed by atoms with E-state index in [1.807, 2.05) is 0 Å². The fraction of sp³-hybridized carbons (Fsp3) is 0.154. The highest BCUT2D eigenvalue weighted by Gasteiger charge is 2.18. The molecule has 0 bridgehead atoms. The lowest BCUT2D eigenvalue weighted by atomic mass is 10.3. The van der Waals surface area contributed by atoms with Gasteiger partial charge in [-0.3, -0.25) is 4.79 Å². The van der Waals surface area contributed by atoms with Gasteiger partial charge in [-0.2, -0.15) is 0 Å². The number of nitrogens with zero attached hydrogens (tertiary/aromatic N) is 1. The van der Waals surface area contributed by atoms with Gasteiger partial charge in [-0.25, -0.2) is 12.8 Å². The zero-order chi connectivity index (χ0) is 13.9. The van der Waals surface area contributed by atoms with Crippen LogP contribution in [0.15, 0.2) is 58.4 Å². The van der Waals surface area contributed by atoms with Crippen molar-refractivity contribution < 1.29 is 12.8 Å². The van der Waals surface area contributed by atoms with Crippen molar-refractivity contribution in [2.24, 2.45) is 0 Å². The Bertz CT molecular complexity index is 737. The average molecular weight is 281 g/mol. The topological polar surface area (TPSA) is 56.1 Å². The van der Waals surface area contributed by atoms with Crippen molar-refractivity contribution in [3.8, 4) is 0 Å². The van der Waals surface area contributed by atoms with Crippen molar-refractivity contribution in [3.05, 3.63) is 64.8 Å². The largest absolute Gasteiger partial charge is 0.315 e. The van der Waals surface area contributed by atoms with E-state index in [0.29, 0.717) is 0 Å². The summed E-state index contributed by atoms with van der Waals surface area (Å²) < 4.78 is 38.7. The Balaban J connectivity index is 2.22. The predicted octanol–water partition coefficient (Wildman–Crippen LogP) is 1.46. The first-order valence-corrected chi connectivity index (χ1v) is 7.29. The van der Waals surface area contributed by atoms with Gasteiger partial charge in [0.2, 0.25) is 0 Å². The first-order valence-electron chi connectivity index (χ1n) is 5.63. The molecule has 19 heavy (non-hydrogen) atoms. The fourth-order valence-corrected chi connectivity index (χ4v) is 2.98. The van der Waals surface area contributed by atoms with E-state index in [1.165, 1.54) is 35.0 Å². The summed E-state index contributed by atoms with van der Waals surface area (Å²) in [5, 5.41) is 0. The summed E-state index contributed by atoms with van der Waals surface area (Å²) >= 11 is 0. The number of rotatable bonds is 4. The van der Waals surface area contributed by atoms with E-state index in [9.17, 15) is 17.6 Å². The lowest BCUT2D eigenvalue weighted by Crippen LogP contribution is -2.23. The molecule has 0 fully saturated rings. The second-order valence-corrected chi connectivity index (χ2v) is 6.06. The lowest BCUT2D eigenvalue weighted by Gasteiger charge is -2.07. The minimum Gasteiger partial charge on any atom is -0.315 e. The third-order valence-corrected chi connectivity index (χ3v) is 4.39. The zero-order valence-corrected chi connectivity index (χ0v) is 10.8. The maximum atomic E-state index is 13.4. The molecular weight excluding hydrogens is 269 g/mol. The maximum Gasteiger partial charge on any atom is 0.250 e. The van der Waals surface area contributed by atoms with E-state index in [-0.39, 0.29) is 22.8 Å². The summed E-state index contributed by atoms with van der Waals surface area (Å²) in [5.41, 5.74) is -0.286. The monoisotopic (exact) mass is 281 g/mol. The van der Waals surface area contributed by atoms with E-state index >= 15 is 0 Å². The van der Waals surface area contributed by atoms with E-state index in [0.717, 1.165) is 6.07 Å². The highest BCUT2D eigenvalue weighted by Crippen LogP contribution is 2.15. The van der Waals surface area contributed by atoms with Gasteiger partial charge in [0.1, 0.15) is 10.7 Å². The summed E-state index contributed by atoms with van der Waals surface area (Å²) in [6, 6.07) is 9.76. The molecule has 0 radical (unpaired) electrons. The molecule has 1 heterocycles. The van der Waals surface area contributed by atoms with Crippen LogP contribution >= 0.6 is 0 Å². The van der Waals surface area contributed by atoms with Crippen LogP contribution in [0, 0.1) is 5.82 Å². The molecule has 0 aliphatic carbocycles. The summed E-state index contributed by atoms with van der Waals surface area (Å²) in [4.78, 5) is 11.1. The van der Waals surface area contributed by atoms with Gasteiger partial charge < -0.3 is 4.57 Å². The van der Waals surface area contributed by atoms with Gasteiger partial charge in [0.05, 0.1) is 5.75 Å². The number of hydrogen-bond acceptors (Lipinski definition) is 3. The first-order chi connectivity index (χ1) is 9.00. The molecule has 0 saturated carbocycles. The van der Waals surface area contributed by atoms with Crippen LogP contribution in [0.3, 0.4) is 0 Å². The van der Waals surface area contributed by atoms with Crippen molar-refractivity contribution in [3.63, 3.8) is 0 Å². The number of hydrogen-bond donors (Lipinski definition) is 0. The third-order valence-electron chi connectivity index (χ3n) is 2.67. The maximum absolute atomic E-state index is 13.4. The van der Waals surface area contributed by atoms with Gasteiger partial charge in [0.15, 0.2) is 9.84 Å². The number of pyridine rings is 1. The minimum atomic E-state index is -3.74. The van der Waals surface area contributed by atoms with Crippen molar-refractivity contribution in [1.29, 1.82) is 0 Å². The van der Waals surface area contributed by atoms with E-state index in [2.05, 4.69) is 0 Å². The molecule has 0 aliphatic heterocycles. The molecular formula is C13H12FNO3S. The van der Waals surface area contributed by atoms with Crippen LogP contribution in [-0.4, -0.2) is 18.7 Å². The minimum absolute atomic E-state index is 0.00363. The summed E-state index contributed by atoms with van der Waals surface area (Å²) in [6.07, 6.45) is 1.50.